The van der Waals surface area contributed by atoms with E-state index < -0.39 is 0 Å². The Balaban J connectivity index is 2.40. The zero-order chi connectivity index (χ0) is 12.8. The number of aromatic nitrogens is 1. The van der Waals surface area contributed by atoms with E-state index in [4.69, 9.17) is 4.84 Å². The lowest BCUT2D eigenvalue weighted by Gasteiger charge is -2.06. The van der Waals surface area contributed by atoms with Gasteiger partial charge in [0.05, 0.1) is 0 Å². The molecule has 0 saturated carbocycles. The van der Waals surface area contributed by atoms with E-state index in [1.807, 2.05) is 43.3 Å². The molecule has 0 aliphatic carbocycles. The Morgan fingerprint density at radius 3 is 2.33 bits per heavy atom. The van der Waals surface area contributed by atoms with Gasteiger partial charge in [0.1, 0.15) is 12.3 Å². The fourth-order valence-electron chi connectivity index (χ4n) is 1.52. The molecule has 18 heavy (non-hydrogen) atoms. The van der Waals surface area contributed by atoms with Gasteiger partial charge in [-0.3, -0.25) is 4.98 Å². The smallest absolute Gasteiger partial charge is 0.117 e. The summed E-state index contributed by atoms with van der Waals surface area (Å²) >= 11 is 3.42. The van der Waals surface area contributed by atoms with E-state index >= 15 is 0 Å². The first kappa shape index (κ1) is 12.8. The lowest BCUT2D eigenvalue weighted by molar-refractivity contribution is 0.159. The van der Waals surface area contributed by atoms with E-state index in [0.29, 0.717) is 6.61 Å². The summed E-state index contributed by atoms with van der Waals surface area (Å²) in [7, 11) is 0. The molecule has 3 nitrogen and oxygen atoms in total. The second-order valence-electron chi connectivity index (χ2n) is 3.60. The second kappa shape index (κ2) is 6.31. The number of hydrogen-bond acceptors (Lipinski definition) is 3. The Kier molecular flexibility index (Phi) is 4.47. The molecule has 0 unspecified atom stereocenters. The summed E-state index contributed by atoms with van der Waals surface area (Å²) in [5.74, 6) is 0. The Hall–Kier alpha value is -1.68. The molecule has 0 radical (unpaired) electrons. The van der Waals surface area contributed by atoms with Gasteiger partial charge >= 0.3 is 0 Å². The van der Waals surface area contributed by atoms with Crippen molar-refractivity contribution in [3.05, 3.63) is 64.4 Å². The highest BCUT2D eigenvalue weighted by Gasteiger charge is 2.07. The molecule has 1 aromatic carbocycles. The summed E-state index contributed by atoms with van der Waals surface area (Å²) in [6, 6.07) is 11.8. The number of nitrogens with zero attached hydrogens (tertiary/aromatic N) is 2. The third-order valence-corrected chi connectivity index (χ3v) is 2.89. The normalized spacial score (nSPS) is 11.3. The van der Waals surface area contributed by atoms with Crippen molar-refractivity contribution in [1.82, 2.24) is 4.98 Å². The van der Waals surface area contributed by atoms with Gasteiger partial charge in [0.15, 0.2) is 0 Å². The molecule has 2 aromatic rings. The molecule has 0 atom stereocenters. The first-order valence-electron chi connectivity index (χ1n) is 5.67. The quantitative estimate of drug-likeness (QED) is 0.638. The average molecular weight is 305 g/mol. The van der Waals surface area contributed by atoms with Crippen LogP contribution in [0.3, 0.4) is 0 Å². The van der Waals surface area contributed by atoms with Crippen LogP contribution in [0.15, 0.2) is 58.4 Å². The van der Waals surface area contributed by atoms with Crippen molar-refractivity contribution >= 4 is 21.6 Å². The van der Waals surface area contributed by atoms with Crippen LogP contribution < -0.4 is 0 Å². The molecule has 2 rings (SSSR count). The molecule has 1 aromatic heterocycles. The number of rotatable bonds is 4. The maximum atomic E-state index is 5.19. The molecule has 0 bridgehead atoms. The van der Waals surface area contributed by atoms with E-state index in [0.717, 1.165) is 21.3 Å². The van der Waals surface area contributed by atoms with Crippen LogP contribution in [0.25, 0.3) is 0 Å². The van der Waals surface area contributed by atoms with Crippen LogP contribution in [-0.2, 0) is 4.84 Å². The van der Waals surface area contributed by atoms with Gasteiger partial charge in [-0.2, -0.15) is 0 Å². The zero-order valence-electron chi connectivity index (χ0n) is 10.0. The van der Waals surface area contributed by atoms with Crippen LogP contribution in [0, 0.1) is 0 Å². The van der Waals surface area contributed by atoms with Crippen molar-refractivity contribution in [3.8, 4) is 0 Å². The van der Waals surface area contributed by atoms with Gasteiger partial charge in [0.2, 0.25) is 0 Å². The van der Waals surface area contributed by atoms with Crippen molar-refractivity contribution in [2.24, 2.45) is 5.16 Å². The predicted octanol–water partition coefficient (Wildman–Crippen LogP) is 3.63. The van der Waals surface area contributed by atoms with E-state index in [1.54, 1.807) is 12.4 Å². The maximum Gasteiger partial charge on any atom is 0.117 e. The van der Waals surface area contributed by atoms with Gasteiger partial charge in [0, 0.05) is 28.0 Å². The van der Waals surface area contributed by atoms with Crippen LogP contribution in [0.2, 0.25) is 0 Å². The molecular formula is C14H13BrN2O. The Morgan fingerprint density at radius 2 is 1.72 bits per heavy atom. The van der Waals surface area contributed by atoms with Gasteiger partial charge in [-0.05, 0) is 31.2 Å². The van der Waals surface area contributed by atoms with Gasteiger partial charge in [0.25, 0.3) is 0 Å². The van der Waals surface area contributed by atoms with Crippen molar-refractivity contribution in [1.29, 1.82) is 0 Å². The van der Waals surface area contributed by atoms with Crippen LogP contribution in [0.5, 0.6) is 0 Å². The predicted molar refractivity (Wildman–Crippen MR) is 75.6 cm³/mol. The highest BCUT2D eigenvalue weighted by molar-refractivity contribution is 9.10. The number of benzene rings is 1. The van der Waals surface area contributed by atoms with Crippen LogP contribution >= 0.6 is 15.9 Å². The Morgan fingerprint density at radius 1 is 1.11 bits per heavy atom. The molecule has 0 aliphatic heterocycles. The molecule has 0 saturated heterocycles. The number of pyridine rings is 1. The molecule has 0 amide bonds. The number of oxime groups is 1. The topological polar surface area (TPSA) is 34.5 Å². The lowest BCUT2D eigenvalue weighted by Crippen LogP contribution is -2.04. The maximum absolute atomic E-state index is 5.19. The zero-order valence-corrected chi connectivity index (χ0v) is 11.6. The second-order valence-corrected chi connectivity index (χ2v) is 4.52. The number of hydrogen-bond donors (Lipinski definition) is 0. The third-order valence-electron chi connectivity index (χ3n) is 2.36. The molecule has 0 fully saturated rings. The molecule has 0 spiro atoms. The minimum atomic E-state index is 0.547. The summed E-state index contributed by atoms with van der Waals surface area (Å²) in [4.78, 5) is 9.20. The van der Waals surface area contributed by atoms with Gasteiger partial charge < -0.3 is 4.84 Å². The summed E-state index contributed by atoms with van der Waals surface area (Å²) in [6.45, 7) is 2.46. The SMILES string of the molecule is CCO/N=C(/c1ccncc1)c1ccc(Br)cc1. The first-order valence-corrected chi connectivity index (χ1v) is 6.47. The van der Waals surface area contributed by atoms with Gasteiger partial charge in [-0.1, -0.05) is 33.2 Å². The first-order chi connectivity index (χ1) is 8.81. The molecule has 4 heteroatoms. The van der Waals surface area contributed by atoms with Crippen LogP contribution in [0.4, 0.5) is 0 Å². The average Bonchev–Trinajstić information content (AvgIpc) is 2.42. The molecule has 92 valence electrons. The molecular weight excluding hydrogens is 292 g/mol. The molecule has 0 aliphatic rings. The summed E-state index contributed by atoms with van der Waals surface area (Å²) in [6.07, 6.45) is 3.49. The minimum Gasteiger partial charge on any atom is -0.396 e. The summed E-state index contributed by atoms with van der Waals surface area (Å²) < 4.78 is 1.04. The minimum absolute atomic E-state index is 0.547. The molecule has 1 heterocycles. The Labute approximate surface area is 115 Å². The van der Waals surface area contributed by atoms with E-state index in [1.165, 1.54) is 0 Å². The lowest BCUT2D eigenvalue weighted by atomic mass is 10.0. The standard InChI is InChI=1S/C14H13BrN2O/c1-2-18-17-14(12-7-9-16-10-8-12)11-3-5-13(15)6-4-11/h3-10H,2H2,1H3/b17-14+. The largest absolute Gasteiger partial charge is 0.396 e. The fourth-order valence-corrected chi connectivity index (χ4v) is 1.78. The monoisotopic (exact) mass is 304 g/mol. The highest BCUT2D eigenvalue weighted by Crippen LogP contribution is 2.15. The summed E-state index contributed by atoms with van der Waals surface area (Å²) in [5.41, 5.74) is 2.81. The van der Waals surface area contributed by atoms with E-state index in [-0.39, 0.29) is 0 Å². The molecule has 0 N–H and O–H groups in total. The summed E-state index contributed by atoms with van der Waals surface area (Å²) in [5, 5.41) is 4.19. The van der Waals surface area contributed by atoms with Crippen molar-refractivity contribution in [2.45, 2.75) is 6.92 Å². The van der Waals surface area contributed by atoms with Gasteiger partial charge in [-0.15, -0.1) is 0 Å². The fraction of sp³-hybridized carbons (Fsp3) is 0.143. The Bertz CT molecular complexity index is 523. The number of halogens is 1. The highest BCUT2D eigenvalue weighted by atomic mass is 79.9. The van der Waals surface area contributed by atoms with Crippen molar-refractivity contribution < 1.29 is 4.84 Å². The van der Waals surface area contributed by atoms with Crippen LogP contribution in [0.1, 0.15) is 18.1 Å². The van der Waals surface area contributed by atoms with Crippen LogP contribution in [-0.4, -0.2) is 17.3 Å². The van der Waals surface area contributed by atoms with Crippen molar-refractivity contribution in [2.75, 3.05) is 6.61 Å². The van der Waals surface area contributed by atoms with E-state index in [2.05, 4.69) is 26.1 Å². The third kappa shape index (κ3) is 3.17. The van der Waals surface area contributed by atoms with Crippen molar-refractivity contribution in [3.63, 3.8) is 0 Å². The van der Waals surface area contributed by atoms with E-state index in [9.17, 15) is 0 Å². The van der Waals surface area contributed by atoms with Gasteiger partial charge in [-0.25, -0.2) is 0 Å².